The first kappa shape index (κ1) is 19.0. The Labute approximate surface area is 136 Å². The van der Waals surface area contributed by atoms with Crippen LogP contribution in [0.2, 0.25) is 0 Å². The van der Waals surface area contributed by atoms with Gasteiger partial charge in [-0.15, -0.1) is 0 Å². The third-order valence-electron chi connectivity index (χ3n) is 4.37. The number of ether oxygens (including phenoxy) is 1. The molecule has 2 unspecified atom stereocenters. The highest BCUT2D eigenvalue weighted by Gasteiger charge is 2.24. The van der Waals surface area contributed by atoms with Crippen molar-refractivity contribution in [1.82, 2.24) is 9.80 Å². The highest BCUT2D eigenvalue weighted by atomic mass is 16.5. The largest absolute Gasteiger partial charge is 0.374 e. The molecule has 1 fully saturated rings. The molecule has 0 spiro atoms. The molecule has 1 heterocycles. The number of morpholine rings is 1. The van der Waals surface area contributed by atoms with Gasteiger partial charge in [0.15, 0.2) is 0 Å². The molecule has 0 saturated carbocycles. The Morgan fingerprint density at radius 3 is 2.73 bits per heavy atom. The summed E-state index contributed by atoms with van der Waals surface area (Å²) in [4.78, 5) is 16.3. The number of nitrogens with zero attached hydrogens (tertiary/aromatic N) is 2. The second-order valence-electron chi connectivity index (χ2n) is 6.39. The van der Waals surface area contributed by atoms with Crippen LogP contribution in [0, 0.1) is 23.7 Å². The lowest BCUT2D eigenvalue weighted by molar-refractivity contribution is -0.136. The van der Waals surface area contributed by atoms with Gasteiger partial charge in [0.2, 0.25) is 5.91 Å². The van der Waals surface area contributed by atoms with Crippen molar-refractivity contribution in [2.45, 2.75) is 46.6 Å². The van der Waals surface area contributed by atoms with Crippen molar-refractivity contribution in [3.63, 3.8) is 0 Å². The Kier molecular flexibility index (Phi) is 8.52. The number of amides is 1. The molecule has 4 heteroatoms. The zero-order valence-electron chi connectivity index (χ0n) is 14.9. The monoisotopic (exact) mass is 308 g/mol. The fourth-order valence-corrected chi connectivity index (χ4v) is 2.41. The van der Waals surface area contributed by atoms with E-state index in [0.29, 0.717) is 12.5 Å². The van der Waals surface area contributed by atoms with Gasteiger partial charge in [0.05, 0.1) is 19.3 Å². The molecule has 4 nitrogen and oxygen atoms in total. The molecule has 0 aromatic rings. The topological polar surface area (TPSA) is 32.8 Å². The zero-order valence-corrected chi connectivity index (χ0v) is 14.9. The smallest absolute Gasteiger partial charge is 0.225 e. The van der Waals surface area contributed by atoms with E-state index in [1.165, 1.54) is 0 Å². The number of likely N-dealkylation sites (N-methyl/N-ethyl adjacent to an activating group) is 1. The van der Waals surface area contributed by atoms with Crippen LogP contribution in [0.3, 0.4) is 0 Å². The minimum Gasteiger partial charge on any atom is -0.374 e. The summed E-state index contributed by atoms with van der Waals surface area (Å²) in [7, 11) is 1.87. The molecule has 1 aliphatic heterocycles. The Bertz CT molecular complexity index is 400. The molecular formula is C18H32N2O2. The first-order valence-electron chi connectivity index (χ1n) is 8.55. The minimum atomic E-state index is 0.0890. The Balaban J connectivity index is 2.42. The predicted molar refractivity (Wildman–Crippen MR) is 90.5 cm³/mol. The molecule has 1 saturated heterocycles. The van der Waals surface area contributed by atoms with Crippen LogP contribution in [0.4, 0.5) is 0 Å². The Morgan fingerprint density at radius 2 is 2.09 bits per heavy atom. The van der Waals surface area contributed by atoms with Gasteiger partial charge in [-0.1, -0.05) is 39.5 Å². The molecule has 0 aliphatic carbocycles. The van der Waals surface area contributed by atoms with E-state index >= 15 is 0 Å². The van der Waals surface area contributed by atoms with Gasteiger partial charge in [0, 0.05) is 38.5 Å². The average molecular weight is 308 g/mol. The van der Waals surface area contributed by atoms with E-state index in [9.17, 15) is 4.79 Å². The molecule has 1 rings (SSSR count). The molecule has 1 amide bonds. The maximum Gasteiger partial charge on any atom is 0.225 e. The molecule has 0 aromatic carbocycles. The van der Waals surface area contributed by atoms with Crippen LogP contribution in [0.1, 0.15) is 40.5 Å². The van der Waals surface area contributed by atoms with Crippen molar-refractivity contribution < 1.29 is 9.53 Å². The lowest BCUT2D eigenvalue weighted by Gasteiger charge is -2.34. The van der Waals surface area contributed by atoms with Crippen molar-refractivity contribution in [2.75, 3.05) is 39.8 Å². The van der Waals surface area contributed by atoms with Gasteiger partial charge >= 0.3 is 0 Å². The molecule has 3 atom stereocenters. The van der Waals surface area contributed by atoms with Gasteiger partial charge in [-0.2, -0.15) is 0 Å². The van der Waals surface area contributed by atoms with Crippen molar-refractivity contribution in [3.8, 4) is 11.8 Å². The van der Waals surface area contributed by atoms with Gasteiger partial charge in [0.25, 0.3) is 0 Å². The predicted octanol–water partition coefficient (Wildman–Crippen LogP) is 2.24. The summed E-state index contributed by atoms with van der Waals surface area (Å²) in [5.41, 5.74) is 0. The molecule has 1 aliphatic rings. The number of carbonyl (C=O) groups is 1. The van der Waals surface area contributed by atoms with Gasteiger partial charge in [0.1, 0.15) is 0 Å². The van der Waals surface area contributed by atoms with Crippen molar-refractivity contribution in [2.24, 2.45) is 11.8 Å². The fraction of sp³-hybridized carbons (Fsp3) is 0.833. The van der Waals surface area contributed by atoms with E-state index in [0.717, 1.165) is 39.1 Å². The molecule has 126 valence electrons. The van der Waals surface area contributed by atoms with E-state index in [-0.39, 0.29) is 17.9 Å². The highest BCUT2D eigenvalue weighted by molar-refractivity contribution is 5.78. The highest BCUT2D eigenvalue weighted by Crippen LogP contribution is 2.10. The Hall–Kier alpha value is -1.05. The lowest BCUT2D eigenvalue weighted by atomic mass is 10.1. The van der Waals surface area contributed by atoms with Crippen LogP contribution < -0.4 is 0 Å². The van der Waals surface area contributed by atoms with Crippen LogP contribution in [0.25, 0.3) is 0 Å². The van der Waals surface area contributed by atoms with Gasteiger partial charge in [-0.05, 0) is 12.8 Å². The second-order valence-corrected chi connectivity index (χ2v) is 6.39. The minimum absolute atomic E-state index is 0.0890. The first-order chi connectivity index (χ1) is 10.5. The third-order valence-corrected chi connectivity index (χ3v) is 4.37. The molecular weight excluding hydrogens is 276 g/mol. The van der Waals surface area contributed by atoms with Crippen molar-refractivity contribution in [1.29, 1.82) is 0 Å². The summed E-state index contributed by atoms with van der Waals surface area (Å²) in [5, 5.41) is 0. The van der Waals surface area contributed by atoms with Gasteiger partial charge < -0.3 is 9.64 Å². The average Bonchev–Trinajstić information content (AvgIpc) is 2.53. The second kappa shape index (κ2) is 9.86. The summed E-state index contributed by atoms with van der Waals surface area (Å²) >= 11 is 0. The Morgan fingerprint density at radius 1 is 1.36 bits per heavy atom. The van der Waals surface area contributed by atoms with E-state index < -0.39 is 0 Å². The molecule has 0 bridgehead atoms. The van der Waals surface area contributed by atoms with E-state index in [1.54, 1.807) is 0 Å². The molecule has 0 radical (unpaired) electrons. The van der Waals surface area contributed by atoms with Crippen LogP contribution in [0.5, 0.6) is 0 Å². The van der Waals surface area contributed by atoms with Crippen LogP contribution in [0.15, 0.2) is 0 Å². The number of rotatable bonds is 6. The molecule has 0 aromatic heterocycles. The zero-order chi connectivity index (χ0) is 16.5. The number of hydrogen-bond donors (Lipinski definition) is 0. The van der Waals surface area contributed by atoms with Crippen molar-refractivity contribution >= 4 is 5.91 Å². The molecule has 0 N–H and O–H groups in total. The first-order valence-corrected chi connectivity index (χ1v) is 8.55. The fourth-order valence-electron chi connectivity index (χ4n) is 2.41. The van der Waals surface area contributed by atoms with Crippen molar-refractivity contribution in [3.05, 3.63) is 0 Å². The van der Waals surface area contributed by atoms with E-state index in [2.05, 4.69) is 30.6 Å². The maximum atomic E-state index is 12.1. The summed E-state index contributed by atoms with van der Waals surface area (Å²) in [6.45, 7) is 12.3. The number of carbonyl (C=O) groups excluding carboxylic acids is 1. The quantitative estimate of drug-likeness (QED) is 0.706. The number of hydrogen-bond acceptors (Lipinski definition) is 3. The van der Waals surface area contributed by atoms with Crippen LogP contribution >= 0.6 is 0 Å². The maximum absolute atomic E-state index is 12.1. The van der Waals surface area contributed by atoms with Gasteiger partial charge in [-0.3, -0.25) is 9.69 Å². The third kappa shape index (κ3) is 6.37. The standard InChI is InChI=1S/C18H32N2O2/c1-6-15(3)9-8-10-20-11-12-22-17(14-20)13-19(5)18(21)16(4)7-2/h15-17H,6-7,10-14H2,1-5H3/t15?,16?,17-/m1/s1. The van der Waals surface area contributed by atoms with Gasteiger partial charge in [-0.25, -0.2) is 0 Å². The van der Waals surface area contributed by atoms with Crippen LogP contribution in [-0.2, 0) is 9.53 Å². The van der Waals surface area contributed by atoms with E-state index in [1.807, 2.05) is 25.8 Å². The lowest BCUT2D eigenvalue weighted by Crippen LogP contribution is -2.48. The summed E-state index contributed by atoms with van der Waals surface area (Å²) in [6, 6.07) is 0. The van der Waals surface area contributed by atoms with Crippen LogP contribution in [-0.4, -0.2) is 61.6 Å². The summed E-state index contributed by atoms with van der Waals surface area (Å²) in [6.07, 6.45) is 2.07. The SMILES string of the molecule is CCC(C)C#CCN1CCO[C@H](CN(C)C(=O)C(C)CC)C1. The summed E-state index contributed by atoms with van der Waals surface area (Å²) < 4.78 is 5.81. The van der Waals surface area contributed by atoms with E-state index in [4.69, 9.17) is 4.74 Å². The molecule has 22 heavy (non-hydrogen) atoms. The summed E-state index contributed by atoms with van der Waals surface area (Å²) in [5.74, 6) is 7.31. The normalized spacial score (nSPS) is 21.6.